The van der Waals surface area contributed by atoms with Crippen molar-refractivity contribution >= 4 is 17.3 Å². The number of anilines is 2. The first kappa shape index (κ1) is 16.7. The molecule has 3 aromatic rings. The number of pyridine rings is 1. The summed E-state index contributed by atoms with van der Waals surface area (Å²) >= 11 is 0. The highest BCUT2D eigenvalue weighted by Gasteiger charge is 2.14. The van der Waals surface area contributed by atoms with E-state index in [4.69, 9.17) is 0 Å². The molecular weight excluding hydrogens is 310 g/mol. The van der Waals surface area contributed by atoms with Crippen molar-refractivity contribution in [2.45, 2.75) is 13.5 Å². The Bertz CT molecular complexity index is 845. The first-order valence-corrected chi connectivity index (χ1v) is 8.21. The van der Waals surface area contributed by atoms with Crippen LogP contribution in [0.4, 0.5) is 11.4 Å². The topological polar surface area (TPSA) is 45.2 Å². The minimum atomic E-state index is -0.0855. The van der Waals surface area contributed by atoms with Crippen molar-refractivity contribution in [1.82, 2.24) is 4.98 Å². The third-order valence-corrected chi connectivity index (χ3v) is 4.05. The molecule has 0 saturated heterocycles. The van der Waals surface area contributed by atoms with Gasteiger partial charge in [0.2, 0.25) is 0 Å². The van der Waals surface area contributed by atoms with Crippen LogP contribution in [-0.4, -0.2) is 17.9 Å². The van der Waals surface area contributed by atoms with Crippen LogP contribution in [0.1, 0.15) is 21.5 Å². The average molecular weight is 331 g/mol. The normalized spacial score (nSPS) is 10.3. The van der Waals surface area contributed by atoms with Crippen molar-refractivity contribution in [3.63, 3.8) is 0 Å². The van der Waals surface area contributed by atoms with Gasteiger partial charge in [-0.05, 0) is 30.7 Å². The molecule has 3 rings (SSSR count). The summed E-state index contributed by atoms with van der Waals surface area (Å²) in [5.41, 5.74) is 4.66. The fourth-order valence-corrected chi connectivity index (χ4v) is 2.53. The predicted molar refractivity (Wildman–Crippen MR) is 102 cm³/mol. The summed E-state index contributed by atoms with van der Waals surface area (Å²) < 4.78 is 0. The predicted octanol–water partition coefficient (Wildman–Crippen LogP) is 4.28. The maximum absolute atomic E-state index is 12.7. The van der Waals surface area contributed by atoms with Gasteiger partial charge in [-0.3, -0.25) is 9.78 Å². The van der Waals surface area contributed by atoms with E-state index in [1.165, 1.54) is 11.1 Å². The van der Waals surface area contributed by atoms with E-state index >= 15 is 0 Å². The molecule has 4 nitrogen and oxygen atoms in total. The van der Waals surface area contributed by atoms with E-state index in [0.717, 1.165) is 11.4 Å². The summed E-state index contributed by atoms with van der Waals surface area (Å²) in [6.07, 6.45) is 3.33. The summed E-state index contributed by atoms with van der Waals surface area (Å²) in [7, 11) is 1.77. The van der Waals surface area contributed by atoms with Crippen molar-refractivity contribution in [2.75, 3.05) is 17.3 Å². The molecule has 0 aliphatic heterocycles. The first-order chi connectivity index (χ1) is 12.1. The molecule has 0 unspecified atom stereocenters. The molecule has 126 valence electrons. The second-order valence-corrected chi connectivity index (χ2v) is 6.00. The lowest BCUT2D eigenvalue weighted by molar-refractivity contribution is 0.0992. The third kappa shape index (κ3) is 4.23. The number of rotatable bonds is 5. The summed E-state index contributed by atoms with van der Waals surface area (Å²) in [5, 5.41) is 3.32. The molecular formula is C21H21N3O. The Hall–Kier alpha value is -3.14. The molecule has 25 heavy (non-hydrogen) atoms. The fourth-order valence-electron chi connectivity index (χ4n) is 2.53. The molecule has 2 aromatic carbocycles. The van der Waals surface area contributed by atoms with Crippen LogP contribution in [0.25, 0.3) is 0 Å². The molecule has 0 fully saturated rings. The van der Waals surface area contributed by atoms with Gasteiger partial charge in [0.15, 0.2) is 0 Å². The maximum Gasteiger partial charge on any atom is 0.259 e. The Labute approximate surface area is 148 Å². The summed E-state index contributed by atoms with van der Waals surface area (Å²) in [6, 6.07) is 19.8. The molecule has 0 aliphatic rings. The Morgan fingerprint density at radius 3 is 2.48 bits per heavy atom. The van der Waals surface area contributed by atoms with Gasteiger partial charge in [-0.25, -0.2) is 0 Å². The third-order valence-electron chi connectivity index (χ3n) is 4.05. The van der Waals surface area contributed by atoms with Crippen molar-refractivity contribution in [3.8, 4) is 0 Å². The second-order valence-electron chi connectivity index (χ2n) is 6.00. The number of hydrogen-bond donors (Lipinski definition) is 1. The summed E-state index contributed by atoms with van der Waals surface area (Å²) in [5.74, 6) is -0.0855. The van der Waals surface area contributed by atoms with E-state index in [-0.39, 0.29) is 5.91 Å². The molecule has 0 spiro atoms. The smallest absolute Gasteiger partial charge is 0.259 e. The van der Waals surface area contributed by atoms with Crippen LogP contribution in [0.2, 0.25) is 0 Å². The Morgan fingerprint density at radius 1 is 1.04 bits per heavy atom. The van der Waals surface area contributed by atoms with E-state index < -0.39 is 0 Å². The van der Waals surface area contributed by atoms with Gasteiger partial charge in [0, 0.05) is 31.7 Å². The Kier molecular flexibility index (Phi) is 5.09. The molecule has 1 heterocycles. The average Bonchev–Trinajstić information content (AvgIpc) is 2.67. The first-order valence-electron chi connectivity index (χ1n) is 8.21. The van der Waals surface area contributed by atoms with E-state index in [2.05, 4.69) is 41.5 Å². The standard InChI is InChI=1S/C21H21N3O/c1-16-8-10-17(11-9-16)13-23-19-12-18(14-22-15-19)21(25)24(2)20-6-4-3-5-7-20/h3-12,14-15,23H,13H2,1-2H3. The molecule has 0 radical (unpaired) electrons. The van der Waals surface area contributed by atoms with Crippen LogP contribution in [0, 0.1) is 6.92 Å². The number of amides is 1. The van der Waals surface area contributed by atoms with Crippen LogP contribution < -0.4 is 10.2 Å². The zero-order valence-electron chi connectivity index (χ0n) is 14.4. The number of aromatic nitrogens is 1. The number of carbonyl (C=O) groups is 1. The van der Waals surface area contributed by atoms with E-state index in [0.29, 0.717) is 12.1 Å². The lowest BCUT2D eigenvalue weighted by Crippen LogP contribution is -2.26. The maximum atomic E-state index is 12.7. The zero-order valence-corrected chi connectivity index (χ0v) is 14.4. The van der Waals surface area contributed by atoms with Crippen molar-refractivity contribution in [3.05, 3.63) is 89.7 Å². The number of hydrogen-bond acceptors (Lipinski definition) is 3. The lowest BCUT2D eigenvalue weighted by Gasteiger charge is -2.17. The van der Waals surface area contributed by atoms with Gasteiger partial charge in [-0.1, -0.05) is 48.0 Å². The Balaban J connectivity index is 1.70. The highest BCUT2D eigenvalue weighted by atomic mass is 16.2. The van der Waals surface area contributed by atoms with Crippen molar-refractivity contribution in [2.24, 2.45) is 0 Å². The quantitative estimate of drug-likeness (QED) is 0.759. The number of benzene rings is 2. The number of nitrogens with zero attached hydrogens (tertiary/aromatic N) is 2. The molecule has 0 aliphatic carbocycles. The van der Waals surface area contributed by atoms with Gasteiger partial charge in [0.05, 0.1) is 11.3 Å². The molecule has 4 heteroatoms. The molecule has 1 amide bonds. The monoisotopic (exact) mass is 331 g/mol. The van der Waals surface area contributed by atoms with Crippen LogP contribution in [-0.2, 0) is 6.54 Å². The van der Waals surface area contributed by atoms with Gasteiger partial charge in [-0.2, -0.15) is 0 Å². The number of aryl methyl sites for hydroxylation is 1. The second kappa shape index (κ2) is 7.62. The van der Waals surface area contributed by atoms with Gasteiger partial charge < -0.3 is 10.2 Å². The number of carbonyl (C=O) groups excluding carboxylic acids is 1. The van der Waals surface area contributed by atoms with Crippen LogP contribution in [0.15, 0.2) is 73.1 Å². The SMILES string of the molecule is Cc1ccc(CNc2cncc(C(=O)N(C)c3ccccc3)c2)cc1. The summed E-state index contributed by atoms with van der Waals surface area (Å²) in [6.45, 7) is 2.76. The van der Waals surface area contributed by atoms with Crippen LogP contribution >= 0.6 is 0 Å². The largest absolute Gasteiger partial charge is 0.380 e. The summed E-state index contributed by atoms with van der Waals surface area (Å²) in [4.78, 5) is 18.5. The van der Waals surface area contributed by atoms with Crippen molar-refractivity contribution in [1.29, 1.82) is 0 Å². The number of nitrogens with one attached hydrogen (secondary N) is 1. The zero-order chi connectivity index (χ0) is 17.6. The minimum Gasteiger partial charge on any atom is -0.380 e. The molecule has 1 aromatic heterocycles. The van der Waals surface area contributed by atoms with Crippen LogP contribution in [0.5, 0.6) is 0 Å². The molecule has 0 saturated carbocycles. The van der Waals surface area contributed by atoms with Crippen molar-refractivity contribution < 1.29 is 4.79 Å². The Morgan fingerprint density at radius 2 is 1.76 bits per heavy atom. The van der Waals surface area contributed by atoms with E-state index in [1.54, 1.807) is 24.3 Å². The van der Waals surface area contributed by atoms with Gasteiger partial charge in [0.1, 0.15) is 0 Å². The molecule has 1 N–H and O–H groups in total. The van der Waals surface area contributed by atoms with Crippen LogP contribution in [0.3, 0.4) is 0 Å². The highest BCUT2D eigenvalue weighted by molar-refractivity contribution is 6.05. The van der Waals surface area contributed by atoms with Gasteiger partial charge in [-0.15, -0.1) is 0 Å². The molecule has 0 bridgehead atoms. The van der Waals surface area contributed by atoms with E-state index in [1.807, 2.05) is 36.4 Å². The van der Waals surface area contributed by atoms with Gasteiger partial charge in [0.25, 0.3) is 5.91 Å². The highest BCUT2D eigenvalue weighted by Crippen LogP contribution is 2.17. The number of para-hydroxylation sites is 1. The fraction of sp³-hybridized carbons (Fsp3) is 0.143. The van der Waals surface area contributed by atoms with Gasteiger partial charge >= 0.3 is 0 Å². The minimum absolute atomic E-state index is 0.0855. The molecule has 0 atom stereocenters. The lowest BCUT2D eigenvalue weighted by atomic mass is 10.1. The van der Waals surface area contributed by atoms with E-state index in [9.17, 15) is 4.79 Å².